The molecule has 0 aliphatic heterocycles. The van der Waals surface area contributed by atoms with Gasteiger partial charge in [0.1, 0.15) is 12.7 Å². The molecule has 1 N–H and O–H groups in total. The summed E-state index contributed by atoms with van der Waals surface area (Å²) in [4.78, 5) is 3.89. The summed E-state index contributed by atoms with van der Waals surface area (Å²) in [6.07, 6.45) is -0.715. The fraction of sp³-hybridized carbons (Fsp3) is 0.714. The minimum atomic E-state index is -0.715. The number of aromatic nitrogens is 2. The molecule has 12 heavy (non-hydrogen) atoms. The first-order valence-electron chi connectivity index (χ1n) is 3.82. The van der Waals surface area contributed by atoms with Gasteiger partial charge in [0.15, 0.2) is 5.82 Å². The Labute approximate surface area is 70.3 Å². The third-order valence-corrected chi connectivity index (χ3v) is 1.28. The fourth-order valence-corrected chi connectivity index (χ4v) is 0.689. The first-order chi connectivity index (χ1) is 5.74. The van der Waals surface area contributed by atoms with Crippen LogP contribution in [0.25, 0.3) is 0 Å². The van der Waals surface area contributed by atoms with Gasteiger partial charge in [-0.3, -0.25) is 0 Å². The molecule has 0 radical (unpaired) electrons. The van der Waals surface area contributed by atoms with Crippen LogP contribution < -0.4 is 0 Å². The van der Waals surface area contributed by atoms with E-state index >= 15 is 0 Å². The number of hydrogen-bond donors (Lipinski definition) is 1. The van der Waals surface area contributed by atoms with Gasteiger partial charge < -0.3 is 14.4 Å². The number of ether oxygens (including phenoxy) is 1. The zero-order valence-electron chi connectivity index (χ0n) is 7.15. The molecule has 0 amide bonds. The molecular weight excluding hydrogens is 160 g/mol. The minimum Gasteiger partial charge on any atom is -0.384 e. The van der Waals surface area contributed by atoms with Gasteiger partial charge in [-0.25, -0.2) is 0 Å². The van der Waals surface area contributed by atoms with E-state index in [4.69, 9.17) is 14.4 Å². The van der Waals surface area contributed by atoms with Gasteiger partial charge in [-0.15, -0.1) is 0 Å². The maximum atomic E-state index is 9.03. The summed E-state index contributed by atoms with van der Waals surface area (Å²) >= 11 is 0. The van der Waals surface area contributed by atoms with Gasteiger partial charge in [0.05, 0.1) is 0 Å². The van der Waals surface area contributed by atoms with Crippen LogP contribution in [0.3, 0.4) is 0 Å². The summed E-state index contributed by atoms with van der Waals surface area (Å²) < 4.78 is 9.78. The van der Waals surface area contributed by atoms with Crippen molar-refractivity contribution in [1.29, 1.82) is 0 Å². The topological polar surface area (TPSA) is 68.4 Å². The first-order valence-corrected chi connectivity index (χ1v) is 3.82. The Morgan fingerprint density at radius 1 is 1.67 bits per heavy atom. The Kier molecular flexibility index (Phi) is 3.19. The average Bonchev–Trinajstić information content (AvgIpc) is 2.48. The summed E-state index contributed by atoms with van der Waals surface area (Å²) in [5, 5.41) is 12.6. The van der Waals surface area contributed by atoms with E-state index in [1.54, 1.807) is 6.92 Å². The van der Waals surface area contributed by atoms with Crippen molar-refractivity contribution in [3.63, 3.8) is 0 Å². The van der Waals surface area contributed by atoms with Crippen molar-refractivity contribution in [1.82, 2.24) is 10.1 Å². The van der Waals surface area contributed by atoms with Crippen molar-refractivity contribution in [2.45, 2.75) is 26.6 Å². The quantitative estimate of drug-likeness (QED) is 0.722. The summed E-state index contributed by atoms with van der Waals surface area (Å²) in [5.41, 5.74) is 0. The van der Waals surface area contributed by atoms with Gasteiger partial charge in [-0.2, -0.15) is 4.98 Å². The highest BCUT2D eigenvalue weighted by atomic mass is 16.5. The highest BCUT2D eigenvalue weighted by Gasteiger charge is 2.10. The number of nitrogens with zero attached hydrogens (tertiary/aromatic N) is 2. The fourth-order valence-electron chi connectivity index (χ4n) is 0.689. The third-order valence-electron chi connectivity index (χ3n) is 1.28. The predicted octanol–water partition coefficient (Wildman–Crippen LogP) is 0.659. The van der Waals surface area contributed by atoms with Gasteiger partial charge >= 0.3 is 0 Å². The smallest absolute Gasteiger partial charge is 0.255 e. The molecule has 1 atom stereocenters. The molecule has 0 saturated heterocycles. The number of aliphatic hydroxyl groups excluding tert-OH is 1. The lowest BCUT2D eigenvalue weighted by Crippen LogP contribution is -1.95. The van der Waals surface area contributed by atoms with E-state index in [2.05, 4.69) is 10.1 Å². The summed E-state index contributed by atoms with van der Waals surface area (Å²) in [5.74, 6) is 0.692. The second kappa shape index (κ2) is 4.18. The minimum absolute atomic E-state index is 0.227. The molecular formula is C7H12N2O3. The molecule has 1 rings (SSSR count). The van der Waals surface area contributed by atoms with Gasteiger partial charge in [-0.1, -0.05) is 5.16 Å². The van der Waals surface area contributed by atoms with E-state index in [-0.39, 0.29) is 5.89 Å². The number of hydrogen-bond acceptors (Lipinski definition) is 5. The van der Waals surface area contributed by atoms with Crippen molar-refractivity contribution >= 4 is 0 Å². The van der Waals surface area contributed by atoms with Crippen LogP contribution in [0.4, 0.5) is 0 Å². The third kappa shape index (κ3) is 2.28. The lowest BCUT2D eigenvalue weighted by molar-refractivity contribution is 0.125. The standard InChI is InChI=1S/C7H12N2O3/c1-3-11-4-6-8-7(5(2)10)12-9-6/h5,10H,3-4H2,1-2H3. The normalized spacial score (nSPS) is 13.2. The van der Waals surface area contributed by atoms with Gasteiger partial charge in [0.25, 0.3) is 5.89 Å². The average molecular weight is 172 g/mol. The van der Waals surface area contributed by atoms with Crippen LogP contribution in [-0.4, -0.2) is 21.9 Å². The SMILES string of the molecule is CCOCc1noc(C(C)O)n1. The molecule has 1 aromatic rings. The van der Waals surface area contributed by atoms with E-state index in [1.807, 2.05) is 6.92 Å². The monoisotopic (exact) mass is 172 g/mol. The highest BCUT2D eigenvalue weighted by Crippen LogP contribution is 2.08. The van der Waals surface area contributed by atoms with Crippen LogP contribution in [0.5, 0.6) is 0 Å². The van der Waals surface area contributed by atoms with Crippen molar-refractivity contribution < 1.29 is 14.4 Å². The van der Waals surface area contributed by atoms with Crippen molar-refractivity contribution in [3.8, 4) is 0 Å². The van der Waals surface area contributed by atoms with Gasteiger partial charge in [0, 0.05) is 6.61 Å². The molecule has 0 aliphatic carbocycles. The summed E-state index contributed by atoms with van der Waals surface area (Å²) in [7, 11) is 0. The maximum absolute atomic E-state index is 9.03. The molecule has 0 aromatic carbocycles. The molecule has 0 aliphatic rings. The van der Waals surface area contributed by atoms with Crippen LogP contribution in [0.2, 0.25) is 0 Å². The Bertz CT molecular complexity index is 234. The summed E-state index contributed by atoms with van der Waals surface area (Å²) in [6.45, 7) is 4.39. The molecule has 0 bridgehead atoms. The molecule has 1 aromatic heterocycles. The summed E-state index contributed by atoms with van der Waals surface area (Å²) in [6, 6.07) is 0. The zero-order valence-corrected chi connectivity index (χ0v) is 7.15. The lowest BCUT2D eigenvalue weighted by Gasteiger charge is -1.93. The van der Waals surface area contributed by atoms with E-state index in [9.17, 15) is 0 Å². The second-order valence-corrected chi connectivity index (χ2v) is 2.36. The van der Waals surface area contributed by atoms with Crippen LogP contribution in [0.1, 0.15) is 31.7 Å². The van der Waals surface area contributed by atoms with Crippen LogP contribution >= 0.6 is 0 Å². The van der Waals surface area contributed by atoms with Crippen molar-refractivity contribution in [2.24, 2.45) is 0 Å². The molecule has 5 nitrogen and oxygen atoms in total. The Morgan fingerprint density at radius 2 is 2.42 bits per heavy atom. The zero-order chi connectivity index (χ0) is 8.97. The largest absolute Gasteiger partial charge is 0.384 e. The van der Waals surface area contributed by atoms with E-state index in [0.29, 0.717) is 19.0 Å². The number of rotatable bonds is 4. The lowest BCUT2D eigenvalue weighted by atomic mass is 10.4. The molecule has 68 valence electrons. The van der Waals surface area contributed by atoms with Crippen LogP contribution in [-0.2, 0) is 11.3 Å². The van der Waals surface area contributed by atoms with Gasteiger partial charge in [-0.05, 0) is 13.8 Å². The van der Waals surface area contributed by atoms with Crippen LogP contribution in [0.15, 0.2) is 4.52 Å². The Morgan fingerprint density at radius 3 is 2.92 bits per heavy atom. The highest BCUT2D eigenvalue weighted by molar-refractivity contribution is 4.86. The van der Waals surface area contributed by atoms with Crippen LogP contribution in [0, 0.1) is 0 Å². The van der Waals surface area contributed by atoms with Gasteiger partial charge in [0.2, 0.25) is 0 Å². The number of aliphatic hydroxyl groups is 1. The maximum Gasteiger partial charge on any atom is 0.255 e. The molecule has 1 heterocycles. The second-order valence-electron chi connectivity index (χ2n) is 2.36. The molecule has 0 spiro atoms. The molecule has 0 fully saturated rings. The predicted molar refractivity (Wildman–Crippen MR) is 40.3 cm³/mol. The van der Waals surface area contributed by atoms with Crippen molar-refractivity contribution in [3.05, 3.63) is 11.7 Å². The molecule has 5 heteroatoms. The van der Waals surface area contributed by atoms with E-state index < -0.39 is 6.10 Å². The molecule has 0 saturated carbocycles. The Hall–Kier alpha value is -0.940. The first kappa shape index (κ1) is 9.15. The van der Waals surface area contributed by atoms with E-state index in [0.717, 1.165) is 0 Å². The Balaban J connectivity index is 2.52. The van der Waals surface area contributed by atoms with Crippen molar-refractivity contribution in [2.75, 3.05) is 6.61 Å². The van der Waals surface area contributed by atoms with E-state index in [1.165, 1.54) is 0 Å². The molecule has 1 unspecified atom stereocenters.